The normalized spacial score (nSPS) is 10.9. The van der Waals surface area contributed by atoms with Crippen LogP contribution in [0.1, 0.15) is 27.0 Å². The molecule has 2 aromatic carbocycles. The van der Waals surface area contributed by atoms with Crippen LogP contribution in [0.3, 0.4) is 0 Å². The number of nitrogens with zero attached hydrogens (tertiary/aromatic N) is 1. The second-order valence-corrected chi connectivity index (χ2v) is 4.89. The number of nitrogens with one attached hydrogen (secondary N) is 1. The van der Waals surface area contributed by atoms with Crippen LogP contribution in [-0.2, 0) is 13.2 Å². The number of benzene rings is 2. The Morgan fingerprint density at radius 1 is 1.04 bits per heavy atom. The van der Waals surface area contributed by atoms with E-state index in [9.17, 15) is 15.0 Å². The van der Waals surface area contributed by atoms with Gasteiger partial charge in [-0.1, -0.05) is 6.07 Å². The summed E-state index contributed by atoms with van der Waals surface area (Å²) in [5.74, 6) is -0.472. The molecule has 0 unspecified atom stereocenters. The lowest BCUT2D eigenvalue weighted by Crippen LogP contribution is -2.19. The van der Waals surface area contributed by atoms with Crippen molar-refractivity contribution >= 4 is 23.5 Å². The van der Waals surface area contributed by atoms with E-state index in [0.29, 0.717) is 28.1 Å². The van der Waals surface area contributed by atoms with E-state index < -0.39 is 5.91 Å². The summed E-state index contributed by atoms with van der Waals surface area (Å²) in [5, 5.41) is 22.4. The first-order valence-corrected chi connectivity index (χ1v) is 6.87. The second kappa shape index (κ2) is 7.39. The van der Waals surface area contributed by atoms with Gasteiger partial charge in [0.25, 0.3) is 5.91 Å². The Balaban J connectivity index is 2.15. The number of aliphatic hydroxyl groups excluding tert-OH is 2. The van der Waals surface area contributed by atoms with Crippen molar-refractivity contribution in [2.24, 2.45) is 5.10 Å². The van der Waals surface area contributed by atoms with E-state index in [2.05, 4.69) is 10.5 Å². The smallest absolute Gasteiger partial charge is 0.271 e. The highest BCUT2D eigenvalue weighted by molar-refractivity contribution is 5.96. The van der Waals surface area contributed by atoms with Gasteiger partial charge in [-0.05, 0) is 41.5 Å². The highest BCUT2D eigenvalue weighted by atomic mass is 16.3. The first kappa shape index (κ1) is 16.5. The molecule has 0 aromatic heterocycles. The van der Waals surface area contributed by atoms with Gasteiger partial charge < -0.3 is 21.7 Å². The summed E-state index contributed by atoms with van der Waals surface area (Å²) in [6.45, 7) is -0.469. The van der Waals surface area contributed by atoms with E-state index in [1.807, 2.05) is 0 Å². The number of aliphatic hydroxyl groups is 2. The maximum Gasteiger partial charge on any atom is 0.271 e. The molecule has 7 heteroatoms. The predicted molar refractivity (Wildman–Crippen MR) is 88.6 cm³/mol. The summed E-state index contributed by atoms with van der Waals surface area (Å²) in [6.07, 6.45) is 1.40. The number of hydrazone groups is 1. The molecular formula is C16H18N4O3. The summed E-state index contributed by atoms with van der Waals surface area (Å²) in [5.41, 5.74) is 16.6. The molecule has 0 fully saturated rings. The van der Waals surface area contributed by atoms with Gasteiger partial charge in [-0.2, -0.15) is 5.10 Å². The number of hydrogen-bond donors (Lipinski definition) is 5. The molecule has 0 saturated heterocycles. The Morgan fingerprint density at radius 3 is 2.39 bits per heavy atom. The van der Waals surface area contributed by atoms with Crippen LogP contribution in [0.2, 0.25) is 0 Å². The van der Waals surface area contributed by atoms with Crippen LogP contribution < -0.4 is 16.9 Å². The van der Waals surface area contributed by atoms with Gasteiger partial charge in [0.15, 0.2) is 0 Å². The van der Waals surface area contributed by atoms with E-state index >= 15 is 0 Å². The fourth-order valence-corrected chi connectivity index (χ4v) is 2.06. The topological polar surface area (TPSA) is 134 Å². The summed E-state index contributed by atoms with van der Waals surface area (Å²) < 4.78 is 0. The number of carbonyl (C=O) groups excluding carboxylic acids is 1. The third-order valence-corrected chi connectivity index (χ3v) is 3.25. The summed E-state index contributed by atoms with van der Waals surface area (Å²) in [6, 6.07) is 9.61. The average molecular weight is 314 g/mol. The number of nitrogen functional groups attached to an aromatic ring is 2. The minimum atomic E-state index is -0.472. The minimum absolute atomic E-state index is 0.164. The van der Waals surface area contributed by atoms with Crippen molar-refractivity contribution in [3.05, 3.63) is 58.7 Å². The maximum absolute atomic E-state index is 12.1. The molecule has 0 saturated carbocycles. The maximum atomic E-state index is 12.1. The van der Waals surface area contributed by atoms with Gasteiger partial charge in [0.1, 0.15) is 0 Å². The number of amides is 1. The first-order valence-electron chi connectivity index (χ1n) is 6.87. The van der Waals surface area contributed by atoms with E-state index in [0.717, 1.165) is 0 Å². The van der Waals surface area contributed by atoms with Crippen LogP contribution in [-0.4, -0.2) is 22.3 Å². The lowest BCUT2D eigenvalue weighted by atomic mass is 10.1. The molecule has 2 rings (SSSR count). The van der Waals surface area contributed by atoms with Gasteiger partial charge in [-0.15, -0.1) is 0 Å². The van der Waals surface area contributed by atoms with Crippen molar-refractivity contribution in [2.75, 3.05) is 11.5 Å². The number of carbonyl (C=O) groups is 1. The molecule has 0 aliphatic rings. The van der Waals surface area contributed by atoms with Crippen LogP contribution in [0.15, 0.2) is 41.5 Å². The molecule has 120 valence electrons. The van der Waals surface area contributed by atoms with Crippen LogP contribution in [0.25, 0.3) is 0 Å². The number of nitrogens with two attached hydrogens (primary N) is 2. The van der Waals surface area contributed by atoms with E-state index in [1.54, 1.807) is 24.3 Å². The quantitative estimate of drug-likeness (QED) is 0.313. The molecule has 23 heavy (non-hydrogen) atoms. The summed E-state index contributed by atoms with van der Waals surface area (Å²) in [4.78, 5) is 12.1. The van der Waals surface area contributed by atoms with Crippen molar-refractivity contribution in [3.63, 3.8) is 0 Å². The largest absolute Gasteiger partial charge is 0.399 e. The Morgan fingerprint density at radius 2 is 1.70 bits per heavy atom. The highest BCUT2D eigenvalue weighted by Gasteiger charge is 2.10. The molecule has 0 bridgehead atoms. The monoisotopic (exact) mass is 314 g/mol. The fourth-order valence-electron chi connectivity index (χ4n) is 2.06. The number of anilines is 2. The average Bonchev–Trinajstić information content (AvgIpc) is 2.54. The molecule has 0 heterocycles. The lowest BCUT2D eigenvalue weighted by molar-refractivity contribution is 0.0952. The summed E-state index contributed by atoms with van der Waals surface area (Å²) in [7, 11) is 0. The van der Waals surface area contributed by atoms with Gasteiger partial charge in [-0.25, -0.2) is 5.43 Å². The van der Waals surface area contributed by atoms with Gasteiger partial charge >= 0.3 is 0 Å². The third kappa shape index (κ3) is 4.06. The van der Waals surface area contributed by atoms with Crippen molar-refractivity contribution in [3.8, 4) is 0 Å². The van der Waals surface area contributed by atoms with Crippen molar-refractivity contribution in [1.82, 2.24) is 5.43 Å². The molecular weight excluding hydrogens is 296 g/mol. The van der Waals surface area contributed by atoms with Crippen LogP contribution in [0, 0.1) is 0 Å². The van der Waals surface area contributed by atoms with Crippen molar-refractivity contribution in [2.45, 2.75) is 13.2 Å². The molecule has 0 radical (unpaired) electrons. The zero-order valence-corrected chi connectivity index (χ0v) is 12.4. The van der Waals surface area contributed by atoms with Gasteiger partial charge in [0.2, 0.25) is 0 Å². The molecule has 7 N–H and O–H groups in total. The molecule has 0 aliphatic heterocycles. The first-order chi connectivity index (χ1) is 11.0. The van der Waals surface area contributed by atoms with E-state index in [-0.39, 0.29) is 18.8 Å². The van der Waals surface area contributed by atoms with Crippen LogP contribution >= 0.6 is 0 Å². The minimum Gasteiger partial charge on any atom is -0.399 e. The van der Waals surface area contributed by atoms with Crippen molar-refractivity contribution < 1.29 is 15.0 Å². The number of rotatable bonds is 5. The van der Waals surface area contributed by atoms with Crippen LogP contribution in [0.5, 0.6) is 0 Å². The predicted octanol–water partition coefficient (Wildman–Crippen LogP) is 0.599. The molecule has 0 aliphatic carbocycles. The Labute approximate surface area is 133 Å². The Hall–Kier alpha value is -2.90. The van der Waals surface area contributed by atoms with Gasteiger partial charge in [0, 0.05) is 22.5 Å². The molecule has 0 atom stereocenters. The fraction of sp³-hybridized carbons (Fsp3) is 0.125. The zero-order valence-electron chi connectivity index (χ0n) is 12.4. The SMILES string of the molecule is Nc1ccc(CO)c(/C=N/NC(=O)c2ccc(N)cc2CO)c1. The Kier molecular flexibility index (Phi) is 5.29. The zero-order chi connectivity index (χ0) is 16.8. The Bertz CT molecular complexity index is 744. The molecule has 2 aromatic rings. The van der Waals surface area contributed by atoms with Gasteiger partial charge in [-0.3, -0.25) is 4.79 Å². The van der Waals surface area contributed by atoms with Crippen LogP contribution in [0.4, 0.5) is 11.4 Å². The highest BCUT2D eigenvalue weighted by Crippen LogP contribution is 2.14. The molecule has 7 nitrogen and oxygen atoms in total. The molecule has 0 spiro atoms. The van der Waals surface area contributed by atoms with E-state index in [4.69, 9.17) is 11.5 Å². The third-order valence-electron chi connectivity index (χ3n) is 3.25. The van der Waals surface area contributed by atoms with Gasteiger partial charge in [0.05, 0.1) is 19.4 Å². The summed E-state index contributed by atoms with van der Waals surface area (Å²) >= 11 is 0. The number of hydrogen-bond acceptors (Lipinski definition) is 6. The second-order valence-electron chi connectivity index (χ2n) is 4.89. The molecule has 1 amide bonds. The standard InChI is InChI=1S/C16H18N4O3/c17-13-2-1-10(8-21)11(5-13)7-19-20-16(23)15-4-3-14(18)6-12(15)9-22/h1-7,21-22H,8-9,17-18H2,(H,20,23)/b19-7+. The lowest BCUT2D eigenvalue weighted by Gasteiger charge is -2.07. The van der Waals surface area contributed by atoms with E-state index in [1.165, 1.54) is 18.3 Å². The van der Waals surface area contributed by atoms with Crippen molar-refractivity contribution in [1.29, 1.82) is 0 Å².